The van der Waals surface area contributed by atoms with Crippen molar-refractivity contribution in [1.82, 2.24) is 9.55 Å². The predicted octanol–water partition coefficient (Wildman–Crippen LogP) is 1.86. The summed E-state index contributed by atoms with van der Waals surface area (Å²) in [6.07, 6.45) is 3.41. The molecule has 0 atom stereocenters. The van der Waals surface area contributed by atoms with Gasteiger partial charge in [0.25, 0.3) is 0 Å². The molecule has 0 saturated heterocycles. The molecule has 0 amide bonds. The van der Waals surface area contributed by atoms with E-state index in [0.717, 1.165) is 12.8 Å². The van der Waals surface area contributed by atoms with E-state index in [0.29, 0.717) is 12.2 Å². The predicted molar refractivity (Wildman–Crippen MR) is 58.2 cm³/mol. The Labute approximate surface area is 93.4 Å². The molecule has 0 saturated carbocycles. The zero-order valence-electron chi connectivity index (χ0n) is 9.47. The number of nitrogens with zero attached hydrogens (tertiary/aromatic N) is 3. The fourth-order valence-electron chi connectivity index (χ4n) is 1.43. The average molecular weight is 225 g/mol. The first-order valence-electron chi connectivity index (χ1n) is 5.24. The van der Waals surface area contributed by atoms with Crippen LogP contribution in [-0.4, -0.2) is 20.3 Å². The number of imidazole rings is 1. The Bertz CT molecular complexity index is 398. The second-order valence-corrected chi connectivity index (χ2v) is 3.65. The van der Waals surface area contributed by atoms with Crippen LogP contribution in [-0.2, 0) is 11.3 Å². The van der Waals surface area contributed by atoms with Crippen LogP contribution in [0, 0.1) is 17.0 Å². The second kappa shape index (κ2) is 5.39. The Hall–Kier alpha value is -1.72. The van der Waals surface area contributed by atoms with Crippen molar-refractivity contribution in [2.75, 3.05) is 0 Å². The minimum Gasteiger partial charge on any atom is -0.358 e. The number of carbonyl (C=O) groups excluding carboxylic acids is 1. The largest absolute Gasteiger partial charge is 0.358 e. The third kappa shape index (κ3) is 2.88. The van der Waals surface area contributed by atoms with Crippen molar-refractivity contribution in [1.29, 1.82) is 0 Å². The Morgan fingerprint density at radius 1 is 1.62 bits per heavy atom. The first kappa shape index (κ1) is 12.4. The van der Waals surface area contributed by atoms with E-state index in [1.165, 1.54) is 10.8 Å². The van der Waals surface area contributed by atoms with Crippen LogP contribution in [0.25, 0.3) is 0 Å². The van der Waals surface area contributed by atoms with E-state index in [1.807, 2.05) is 6.92 Å². The van der Waals surface area contributed by atoms with E-state index in [1.54, 1.807) is 6.92 Å². The van der Waals surface area contributed by atoms with E-state index in [9.17, 15) is 14.9 Å². The molecule has 0 fully saturated rings. The quantitative estimate of drug-likeness (QED) is 0.546. The lowest BCUT2D eigenvalue weighted by molar-refractivity contribution is -0.392. The van der Waals surface area contributed by atoms with Gasteiger partial charge in [-0.05, 0) is 11.3 Å². The summed E-state index contributed by atoms with van der Waals surface area (Å²) in [6, 6.07) is 0. The van der Waals surface area contributed by atoms with E-state index in [-0.39, 0.29) is 18.1 Å². The number of carbonyl (C=O) groups is 1. The van der Waals surface area contributed by atoms with Crippen molar-refractivity contribution in [3.8, 4) is 0 Å². The van der Waals surface area contributed by atoms with Crippen LogP contribution < -0.4 is 0 Å². The van der Waals surface area contributed by atoms with Crippen LogP contribution in [0.4, 0.5) is 5.82 Å². The molecule has 1 heterocycles. The summed E-state index contributed by atoms with van der Waals surface area (Å²) >= 11 is 0. The van der Waals surface area contributed by atoms with Gasteiger partial charge in [0.2, 0.25) is 0 Å². The minimum atomic E-state index is -0.521. The van der Waals surface area contributed by atoms with Crippen molar-refractivity contribution in [2.24, 2.45) is 0 Å². The first-order valence-corrected chi connectivity index (χ1v) is 5.24. The van der Waals surface area contributed by atoms with Gasteiger partial charge in [-0.15, -0.1) is 0 Å². The van der Waals surface area contributed by atoms with Crippen LogP contribution in [0.15, 0.2) is 6.20 Å². The Morgan fingerprint density at radius 2 is 2.31 bits per heavy atom. The van der Waals surface area contributed by atoms with E-state index in [2.05, 4.69) is 4.98 Å². The van der Waals surface area contributed by atoms with Crippen molar-refractivity contribution in [3.05, 3.63) is 22.1 Å². The maximum Gasteiger partial charge on any atom is 0.343 e. The van der Waals surface area contributed by atoms with E-state index >= 15 is 0 Å². The SMILES string of the molecule is CCCCC(=O)Cn1c([N+](=O)[O-])cnc1C. The van der Waals surface area contributed by atoms with Gasteiger partial charge in [0.05, 0.1) is 0 Å². The number of aromatic nitrogens is 2. The van der Waals surface area contributed by atoms with Crippen molar-refractivity contribution in [2.45, 2.75) is 39.7 Å². The molecule has 0 spiro atoms. The average Bonchev–Trinajstić information content (AvgIpc) is 2.58. The third-order valence-electron chi connectivity index (χ3n) is 2.36. The molecule has 0 radical (unpaired) electrons. The highest BCUT2D eigenvalue weighted by molar-refractivity contribution is 5.78. The number of rotatable bonds is 6. The molecule has 6 nitrogen and oxygen atoms in total. The van der Waals surface area contributed by atoms with Gasteiger partial charge in [0.1, 0.15) is 6.20 Å². The third-order valence-corrected chi connectivity index (χ3v) is 2.36. The lowest BCUT2D eigenvalue weighted by Crippen LogP contribution is -2.13. The fourth-order valence-corrected chi connectivity index (χ4v) is 1.43. The molecule has 0 bridgehead atoms. The smallest absolute Gasteiger partial charge is 0.343 e. The monoisotopic (exact) mass is 225 g/mol. The zero-order valence-corrected chi connectivity index (χ0v) is 9.47. The van der Waals surface area contributed by atoms with E-state index in [4.69, 9.17) is 0 Å². The standard InChI is InChI=1S/C10H15N3O3/c1-3-4-5-9(14)7-12-8(2)11-6-10(12)13(15)16/h6H,3-5,7H2,1-2H3. The van der Waals surface area contributed by atoms with E-state index < -0.39 is 4.92 Å². The molecule has 0 aliphatic rings. The number of hydrogen-bond acceptors (Lipinski definition) is 4. The Morgan fingerprint density at radius 3 is 2.88 bits per heavy atom. The molecule has 0 aliphatic heterocycles. The Kier molecular flexibility index (Phi) is 4.16. The lowest BCUT2D eigenvalue weighted by atomic mass is 10.2. The molecule has 0 unspecified atom stereocenters. The number of Topliss-reactive ketones (excluding diaryl/α,β-unsaturated/α-hetero) is 1. The number of unbranched alkanes of at least 4 members (excludes halogenated alkanes) is 1. The summed E-state index contributed by atoms with van der Waals surface area (Å²) in [5.41, 5.74) is 0. The lowest BCUT2D eigenvalue weighted by Gasteiger charge is -2.01. The molecular weight excluding hydrogens is 210 g/mol. The molecule has 0 aliphatic carbocycles. The molecule has 1 aromatic rings. The normalized spacial score (nSPS) is 10.4. The fraction of sp³-hybridized carbons (Fsp3) is 0.600. The summed E-state index contributed by atoms with van der Waals surface area (Å²) in [5, 5.41) is 10.7. The molecule has 0 N–H and O–H groups in total. The van der Waals surface area contributed by atoms with Crippen LogP contribution in [0.2, 0.25) is 0 Å². The number of aryl methyl sites for hydroxylation is 1. The van der Waals surface area contributed by atoms with Gasteiger partial charge in [-0.3, -0.25) is 4.79 Å². The summed E-state index contributed by atoms with van der Waals surface area (Å²) in [6.45, 7) is 3.69. The topological polar surface area (TPSA) is 78.0 Å². The summed E-state index contributed by atoms with van der Waals surface area (Å²) in [4.78, 5) is 25.5. The van der Waals surface area contributed by atoms with Crippen LogP contribution >= 0.6 is 0 Å². The molecule has 1 aromatic heterocycles. The molecule has 88 valence electrons. The second-order valence-electron chi connectivity index (χ2n) is 3.65. The van der Waals surface area contributed by atoms with Crippen LogP contribution in [0.3, 0.4) is 0 Å². The highest BCUT2D eigenvalue weighted by Gasteiger charge is 2.19. The van der Waals surface area contributed by atoms with Crippen LogP contribution in [0.1, 0.15) is 32.0 Å². The van der Waals surface area contributed by atoms with Gasteiger partial charge in [0, 0.05) is 13.3 Å². The molecule has 0 aromatic carbocycles. The highest BCUT2D eigenvalue weighted by Crippen LogP contribution is 2.14. The first-order chi connectivity index (χ1) is 7.56. The maximum absolute atomic E-state index is 11.5. The molecule has 16 heavy (non-hydrogen) atoms. The summed E-state index contributed by atoms with van der Waals surface area (Å²) in [7, 11) is 0. The molecule has 6 heteroatoms. The summed E-state index contributed by atoms with van der Waals surface area (Å²) in [5.74, 6) is 0.380. The van der Waals surface area contributed by atoms with Gasteiger partial charge < -0.3 is 10.1 Å². The van der Waals surface area contributed by atoms with Gasteiger partial charge in [-0.2, -0.15) is 0 Å². The number of ketones is 1. The molecular formula is C10H15N3O3. The number of hydrogen-bond donors (Lipinski definition) is 0. The van der Waals surface area contributed by atoms with Crippen LogP contribution in [0.5, 0.6) is 0 Å². The van der Waals surface area contributed by atoms with Gasteiger partial charge in [-0.1, -0.05) is 13.3 Å². The highest BCUT2D eigenvalue weighted by atomic mass is 16.6. The van der Waals surface area contributed by atoms with Crippen molar-refractivity contribution < 1.29 is 9.72 Å². The maximum atomic E-state index is 11.5. The van der Waals surface area contributed by atoms with Gasteiger partial charge in [0.15, 0.2) is 18.2 Å². The zero-order chi connectivity index (χ0) is 12.1. The Balaban J connectivity index is 2.76. The minimum absolute atomic E-state index is 0.00560. The van der Waals surface area contributed by atoms with Crippen molar-refractivity contribution in [3.63, 3.8) is 0 Å². The molecule has 1 rings (SSSR count). The van der Waals surface area contributed by atoms with Gasteiger partial charge >= 0.3 is 5.82 Å². The number of nitro groups is 1. The van der Waals surface area contributed by atoms with Crippen molar-refractivity contribution >= 4 is 11.6 Å². The van der Waals surface area contributed by atoms with Gasteiger partial charge in [-0.25, -0.2) is 9.55 Å². The summed E-state index contributed by atoms with van der Waals surface area (Å²) < 4.78 is 1.35.